The van der Waals surface area contributed by atoms with E-state index in [1.165, 1.54) is 17.7 Å². The van der Waals surface area contributed by atoms with Crippen LogP contribution >= 0.6 is 11.3 Å². The fourth-order valence-electron chi connectivity index (χ4n) is 3.61. The van der Waals surface area contributed by atoms with Gasteiger partial charge in [0.25, 0.3) is 0 Å². The topological polar surface area (TPSA) is 94.0 Å². The molecule has 150 valence electrons. The van der Waals surface area contributed by atoms with Gasteiger partial charge in [-0.25, -0.2) is 4.98 Å². The van der Waals surface area contributed by atoms with Gasteiger partial charge in [-0.2, -0.15) is 0 Å². The Kier molecular flexibility index (Phi) is 6.16. The molecule has 8 nitrogen and oxygen atoms in total. The standard InChI is InChI=1S/C20H22N6O2S/c1-28-20(15-5-3-2-4-6-15)16(27)10-19-25-24-18(29-19)9-14-7-8-26(12-14)17-11-21-13-22-23-17/h2-6,11,13-14,20H,7-10,12H2,1H3/t14-,20-/m0/s1. The summed E-state index contributed by atoms with van der Waals surface area (Å²) in [6.07, 6.45) is 4.74. The van der Waals surface area contributed by atoms with Gasteiger partial charge in [-0.1, -0.05) is 30.3 Å². The zero-order valence-corrected chi connectivity index (χ0v) is 17.0. The Morgan fingerprint density at radius 1 is 1.24 bits per heavy atom. The predicted octanol–water partition coefficient (Wildman–Crippen LogP) is 2.29. The van der Waals surface area contributed by atoms with E-state index in [1.807, 2.05) is 30.3 Å². The number of aromatic nitrogens is 5. The lowest BCUT2D eigenvalue weighted by molar-refractivity contribution is -0.128. The van der Waals surface area contributed by atoms with Gasteiger partial charge in [-0.05, 0) is 17.9 Å². The molecule has 1 saturated heterocycles. The lowest BCUT2D eigenvalue weighted by Gasteiger charge is -2.15. The van der Waals surface area contributed by atoms with E-state index in [2.05, 4.69) is 30.3 Å². The number of Topliss-reactive ketones (excluding diaryl/α,β-unsaturated/α-hetero) is 1. The van der Waals surface area contributed by atoms with Gasteiger partial charge in [0.1, 0.15) is 22.4 Å². The van der Waals surface area contributed by atoms with Crippen molar-refractivity contribution in [3.05, 3.63) is 58.4 Å². The number of ether oxygens (including phenoxy) is 1. The lowest BCUT2D eigenvalue weighted by Crippen LogP contribution is -2.21. The highest BCUT2D eigenvalue weighted by Crippen LogP contribution is 2.26. The number of hydrogen-bond acceptors (Lipinski definition) is 9. The molecular weight excluding hydrogens is 388 g/mol. The van der Waals surface area contributed by atoms with E-state index in [0.717, 1.165) is 47.3 Å². The summed E-state index contributed by atoms with van der Waals surface area (Å²) in [6, 6.07) is 9.52. The van der Waals surface area contributed by atoms with Crippen LogP contribution in [0.4, 0.5) is 5.82 Å². The van der Waals surface area contributed by atoms with Crippen LogP contribution in [0.15, 0.2) is 42.9 Å². The fourth-order valence-corrected chi connectivity index (χ4v) is 4.57. The van der Waals surface area contributed by atoms with Crippen molar-refractivity contribution in [3.8, 4) is 0 Å². The van der Waals surface area contributed by atoms with Crippen molar-refractivity contribution < 1.29 is 9.53 Å². The second kappa shape index (κ2) is 9.15. The largest absolute Gasteiger partial charge is 0.369 e. The highest BCUT2D eigenvalue weighted by Gasteiger charge is 2.26. The normalized spacial score (nSPS) is 17.4. The monoisotopic (exact) mass is 410 g/mol. The van der Waals surface area contributed by atoms with Crippen molar-refractivity contribution in [2.45, 2.75) is 25.4 Å². The van der Waals surface area contributed by atoms with Crippen LogP contribution in [-0.2, 0) is 22.4 Å². The molecule has 0 saturated carbocycles. The van der Waals surface area contributed by atoms with E-state index in [4.69, 9.17) is 4.74 Å². The third kappa shape index (κ3) is 4.80. The summed E-state index contributed by atoms with van der Waals surface area (Å²) in [7, 11) is 1.56. The van der Waals surface area contributed by atoms with Gasteiger partial charge >= 0.3 is 0 Å². The summed E-state index contributed by atoms with van der Waals surface area (Å²) in [6.45, 7) is 1.83. The van der Waals surface area contributed by atoms with Crippen LogP contribution in [0.25, 0.3) is 0 Å². The maximum Gasteiger partial charge on any atom is 0.172 e. The van der Waals surface area contributed by atoms with Gasteiger partial charge in [-0.15, -0.1) is 31.7 Å². The molecule has 9 heteroatoms. The van der Waals surface area contributed by atoms with Crippen LogP contribution < -0.4 is 4.90 Å². The molecule has 0 bridgehead atoms. The van der Waals surface area contributed by atoms with Gasteiger partial charge in [0.15, 0.2) is 11.6 Å². The van der Waals surface area contributed by atoms with E-state index in [-0.39, 0.29) is 12.2 Å². The highest BCUT2D eigenvalue weighted by atomic mass is 32.1. The van der Waals surface area contributed by atoms with Crippen molar-refractivity contribution in [1.29, 1.82) is 0 Å². The first-order chi connectivity index (χ1) is 14.2. The number of anilines is 1. The van der Waals surface area contributed by atoms with Crippen LogP contribution in [-0.4, -0.2) is 51.4 Å². The molecule has 0 amide bonds. The van der Waals surface area contributed by atoms with Gasteiger partial charge in [0.05, 0.1) is 12.6 Å². The molecule has 0 aliphatic carbocycles. The lowest BCUT2D eigenvalue weighted by atomic mass is 10.0. The molecule has 3 heterocycles. The van der Waals surface area contributed by atoms with Crippen molar-refractivity contribution in [1.82, 2.24) is 25.4 Å². The first-order valence-electron chi connectivity index (χ1n) is 9.52. The number of carbonyl (C=O) groups excluding carboxylic acids is 1. The highest BCUT2D eigenvalue weighted by molar-refractivity contribution is 7.11. The second-order valence-electron chi connectivity index (χ2n) is 7.03. The van der Waals surface area contributed by atoms with Crippen LogP contribution in [0.1, 0.15) is 28.1 Å². The Labute approximate surface area is 173 Å². The molecule has 0 spiro atoms. The molecule has 0 radical (unpaired) electrons. The van der Waals surface area contributed by atoms with Crippen molar-refractivity contribution >= 4 is 22.9 Å². The summed E-state index contributed by atoms with van der Waals surface area (Å²) in [5.41, 5.74) is 0.856. The number of benzene rings is 1. The second-order valence-corrected chi connectivity index (χ2v) is 8.18. The Bertz CT molecular complexity index is 936. The van der Waals surface area contributed by atoms with E-state index in [9.17, 15) is 4.79 Å². The smallest absolute Gasteiger partial charge is 0.172 e. The van der Waals surface area contributed by atoms with Gasteiger partial charge in [0, 0.05) is 26.6 Å². The van der Waals surface area contributed by atoms with Crippen molar-refractivity contribution in [2.24, 2.45) is 5.92 Å². The molecular formula is C20H22N6O2S. The number of nitrogens with zero attached hydrogens (tertiary/aromatic N) is 6. The third-order valence-corrected chi connectivity index (χ3v) is 5.95. The van der Waals surface area contributed by atoms with E-state index < -0.39 is 6.10 Å². The first kappa shape index (κ1) is 19.5. The maximum atomic E-state index is 12.7. The zero-order chi connectivity index (χ0) is 20.1. The quantitative estimate of drug-likeness (QED) is 0.558. The first-order valence-corrected chi connectivity index (χ1v) is 10.3. The number of ketones is 1. The van der Waals surface area contributed by atoms with Gasteiger partial charge in [-0.3, -0.25) is 4.79 Å². The molecule has 3 aromatic rings. The molecule has 1 fully saturated rings. The molecule has 1 aliphatic heterocycles. The molecule has 4 rings (SSSR count). The maximum absolute atomic E-state index is 12.7. The minimum Gasteiger partial charge on any atom is -0.369 e. The van der Waals surface area contributed by atoms with E-state index in [0.29, 0.717) is 5.92 Å². The minimum absolute atomic E-state index is 0.0106. The Morgan fingerprint density at radius 3 is 2.83 bits per heavy atom. The zero-order valence-electron chi connectivity index (χ0n) is 16.1. The Hall–Kier alpha value is -2.78. The van der Waals surface area contributed by atoms with Crippen LogP contribution in [0.5, 0.6) is 0 Å². The summed E-state index contributed by atoms with van der Waals surface area (Å²) >= 11 is 1.51. The summed E-state index contributed by atoms with van der Waals surface area (Å²) in [5, 5.41) is 18.2. The number of rotatable bonds is 8. The van der Waals surface area contributed by atoms with E-state index in [1.54, 1.807) is 13.3 Å². The number of carbonyl (C=O) groups is 1. The fraction of sp³-hybridized carbons (Fsp3) is 0.400. The SMILES string of the molecule is CO[C@H](C(=O)Cc1nnc(C[C@@H]2CCN(c3cncnn3)C2)s1)c1ccccc1. The van der Waals surface area contributed by atoms with Crippen LogP contribution in [0.2, 0.25) is 0 Å². The molecule has 1 aliphatic rings. The molecule has 2 aromatic heterocycles. The molecule has 0 unspecified atom stereocenters. The van der Waals surface area contributed by atoms with Gasteiger partial charge < -0.3 is 9.64 Å². The summed E-state index contributed by atoms with van der Waals surface area (Å²) in [4.78, 5) is 18.9. The predicted molar refractivity (Wildman–Crippen MR) is 109 cm³/mol. The molecule has 1 aromatic carbocycles. The van der Waals surface area contributed by atoms with Crippen LogP contribution in [0, 0.1) is 5.92 Å². The van der Waals surface area contributed by atoms with Crippen LogP contribution in [0.3, 0.4) is 0 Å². The number of hydrogen-bond donors (Lipinski definition) is 0. The van der Waals surface area contributed by atoms with Crippen molar-refractivity contribution in [3.63, 3.8) is 0 Å². The minimum atomic E-state index is -0.576. The third-order valence-electron chi connectivity index (χ3n) is 5.01. The molecule has 29 heavy (non-hydrogen) atoms. The van der Waals surface area contributed by atoms with Gasteiger partial charge in [0.2, 0.25) is 0 Å². The average molecular weight is 411 g/mol. The molecule has 0 N–H and O–H groups in total. The summed E-state index contributed by atoms with van der Waals surface area (Å²) in [5.74, 6) is 1.28. The average Bonchev–Trinajstić information content (AvgIpc) is 3.40. The molecule has 2 atom stereocenters. The Morgan fingerprint density at radius 2 is 2.07 bits per heavy atom. The number of methoxy groups -OCH3 is 1. The summed E-state index contributed by atoms with van der Waals surface area (Å²) < 4.78 is 5.42. The van der Waals surface area contributed by atoms with E-state index >= 15 is 0 Å². The Balaban J connectivity index is 1.33. The van der Waals surface area contributed by atoms with Crippen molar-refractivity contribution in [2.75, 3.05) is 25.1 Å².